The largest absolute Gasteiger partial charge is 0.478 e. The van der Waals surface area contributed by atoms with Gasteiger partial charge in [-0.3, -0.25) is 4.68 Å². The molecule has 0 fully saturated rings. The summed E-state index contributed by atoms with van der Waals surface area (Å²) >= 11 is 0. The Morgan fingerprint density at radius 2 is 1.92 bits per heavy atom. The summed E-state index contributed by atoms with van der Waals surface area (Å²) in [5, 5.41) is 15.4. The molecule has 1 aliphatic heterocycles. The molecule has 2 amide bonds. The Morgan fingerprint density at radius 1 is 1.28 bits per heavy atom. The summed E-state index contributed by atoms with van der Waals surface area (Å²) in [5.41, 5.74) is 0.0759. The van der Waals surface area contributed by atoms with Crippen LogP contribution >= 0.6 is 0 Å². The van der Waals surface area contributed by atoms with Crippen LogP contribution in [-0.4, -0.2) is 37.8 Å². The van der Waals surface area contributed by atoms with Crippen molar-refractivity contribution in [2.45, 2.75) is 26.1 Å². The van der Waals surface area contributed by atoms with E-state index in [0.29, 0.717) is 17.8 Å². The molecule has 0 saturated heterocycles. The monoisotopic (exact) mass is 354 g/mol. The van der Waals surface area contributed by atoms with Crippen LogP contribution in [0.3, 0.4) is 0 Å². The Hall–Kier alpha value is -3.04. The van der Waals surface area contributed by atoms with Crippen LogP contribution in [0.25, 0.3) is 0 Å². The number of hydrogen-bond acceptors (Lipinski definition) is 3. The lowest BCUT2D eigenvalue weighted by molar-refractivity contribution is 0.0691. The molecule has 0 unspecified atom stereocenters. The van der Waals surface area contributed by atoms with Gasteiger partial charge in [0.15, 0.2) is 17.5 Å². The second-order valence-corrected chi connectivity index (χ2v) is 5.65. The van der Waals surface area contributed by atoms with Gasteiger partial charge in [-0.05, 0) is 6.92 Å². The third-order valence-corrected chi connectivity index (χ3v) is 3.96. The number of aromatic nitrogens is 2. The van der Waals surface area contributed by atoms with Gasteiger partial charge in [-0.25, -0.2) is 22.8 Å². The molecule has 0 bridgehead atoms. The molecule has 2 aromatic rings. The number of hydrogen-bond donors (Lipinski definition) is 2. The van der Waals surface area contributed by atoms with Gasteiger partial charge in [0.05, 0.1) is 31.0 Å². The normalized spacial score (nSPS) is 16.5. The molecule has 1 atom stereocenters. The van der Waals surface area contributed by atoms with Crippen molar-refractivity contribution >= 4 is 17.7 Å². The van der Waals surface area contributed by atoms with Crippen molar-refractivity contribution in [1.82, 2.24) is 14.7 Å². The van der Waals surface area contributed by atoms with Crippen LogP contribution in [0.5, 0.6) is 0 Å². The van der Waals surface area contributed by atoms with E-state index in [9.17, 15) is 22.8 Å². The number of amides is 2. The molecule has 7 nitrogen and oxygen atoms in total. The number of nitrogens with one attached hydrogen (secondary N) is 1. The van der Waals surface area contributed by atoms with Gasteiger partial charge >= 0.3 is 12.0 Å². The maximum atomic E-state index is 13.2. The SMILES string of the molecule is C[C@H]1Cn2ncc(C(=O)O)c2CN1C(=O)Nc1cc(F)c(F)c(F)c1. The Bertz CT molecular complexity index is 845. The first kappa shape index (κ1) is 16.8. The van der Waals surface area contributed by atoms with Crippen molar-refractivity contribution in [3.63, 3.8) is 0 Å². The fourth-order valence-corrected chi connectivity index (χ4v) is 2.67. The minimum atomic E-state index is -1.63. The van der Waals surface area contributed by atoms with E-state index in [0.717, 1.165) is 0 Å². The molecule has 3 rings (SSSR count). The molecule has 2 heterocycles. The molecule has 0 saturated carbocycles. The van der Waals surface area contributed by atoms with Gasteiger partial charge in [0, 0.05) is 17.8 Å². The summed E-state index contributed by atoms with van der Waals surface area (Å²) < 4.78 is 41.0. The van der Waals surface area contributed by atoms with Gasteiger partial charge in [-0.2, -0.15) is 5.10 Å². The van der Waals surface area contributed by atoms with Gasteiger partial charge in [0.2, 0.25) is 0 Å². The number of anilines is 1. The molecule has 132 valence electrons. The van der Waals surface area contributed by atoms with Crippen LogP contribution in [0, 0.1) is 17.5 Å². The molecular formula is C15H13F3N4O3. The zero-order valence-electron chi connectivity index (χ0n) is 13.0. The third-order valence-electron chi connectivity index (χ3n) is 3.96. The average Bonchev–Trinajstić information content (AvgIpc) is 2.94. The van der Waals surface area contributed by atoms with E-state index in [-0.39, 0.29) is 30.4 Å². The quantitative estimate of drug-likeness (QED) is 0.811. The first-order chi connectivity index (χ1) is 11.8. The van der Waals surface area contributed by atoms with Gasteiger partial charge in [-0.15, -0.1) is 0 Å². The summed E-state index contributed by atoms with van der Waals surface area (Å²) in [6.07, 6.45) is 1.20. The van der Waals surface area contributed by atoms with Crippen molar-refractivity contribution in [1.29, 1.82) is 0 Å². The van der Waals surface area contributed by atoms with Crippen LogP contribution in [0.2, 0.25) is 0 Å². The lowest BCUT2D eigenvalue weighted by Gasteiger charge is -2.34. The Morgan fingerprint density at radius 3 is 2.52 bits per heavy atom. The molecule has 1 aromatic heterocycles. The maximum absolute atomic E-state index is 13.2. The molecule has 2 N–H and O–H groups in total. The highest BCUT2D eigenvalue weighted by atomic mass is 19.2. The van der Waals surface area contributed by atoms with Crippen LogP contribution in [0.1, 0.15) is 23.0 Å². The Kier molecular flexibility index (Phi) is 4.11. The summed E-state index contributed by atoms with van der Waals surface area (Å²) in [4.78, 5) is 24.9. The van der Waals surface area contributed by atoms with E-state index < -0.39 is 29.5 Å². The van der Waals surface area contributed by atoms with Crippen LogP contribution in [0.15, 0.2) is 18.3 Å². The second kappa shape index (κ2) is 6.11. The minimum Gasteiger partial charge on any atom is -0.478 e. The van der Waals surface area contributed by atoms with Crippen LogP contribution in [-0.2, 0) is 13.1 Å². The van der Waals surface area contributed by atoms with E-state index in [1.807, 2.05) is 0 Å². The van der Waals surface area contributed by atoms with E-state index in [2.05, 4.69) is 10.4 Å². The number of carbonyl (C=O) groups excluding carboxylic acids is 1. The smallest absolute Gasteiger partial charge is 0.339 e. The number of halogens is 3. The van der Waals surface area contributed by atoms with Crippen molar-refractivity contribution in [2.24, 2.45) is 0 Å². The number of carbonyl (C=O) groups is 2. The van der Waals surface area contributed by atoms with Crippen LogP contribution in [0.4, 0.5) is 23.7 Å². The zero-order valence-corrected chi connectivity index (χ0v) is 13.0. The summed E-state index contributed by atoms with van der Waals surface area (Å²) in [6, 6.07) is 0.293. The fraction of sp³-hybridized carbons (Fsp3) is 0.267. The molecule has 1 aromatic carbocycles. The number of carboxylic acids is 1. The Balaban J connectivity index is 1.83. The van der Waals surface area contributed by atoms with Crippen molar-refractivity contribution in [3.8, 4) is 0 Å². The van der Waals surface area contributed by atoms with Gasteiger partial charge in [-0.1, -0.05) is 0 Å². The molecule has 1 aliphatic rings. The van der Waals surface area contributed by atoms with Crippen LogP contribution < -0.4 is 5.32 Å². The number of carboxylic acid groups (broad SMARTS) is 1. The molecule has 0 aliphatic carbocycles. The van der Waals surface area contributed by atoms with Crippen molar-refractivity contribution < 1.29 is 27.9 Å². The van der Waals surface area contributed by atoms with E-state index >= 15 is 0 Å². The summed E-state index contributed by atoms with van der Waals surface area (Å²) in [7, 11) is 0. The lowest BCUT2D eigenvalue weighted by Crippen LogP contribution is -2.47. The van der Waals surface area contributed by atoms with Gasteiger partial charge < -0.3 is 15.3 Å². The molecule has 25 heavy (non-hydrogen) atoms. The molecule has 0 radical (unpaired) electrons. The highest BCUT2D eigenvalue weighted by molar-refractivity contribution is 5.91. The number of rotatable bonds is 2. The molecule has 0 spiro atoms. The van der Waals surface area contributed by atoms with Gasteiger partial charge in [0.25, 0.3) is 0 Å². The highest BCUT2D eigenvalue weighted by Crippen LogP contribution is 2.23. The number of aromatic carboxylic acids is 1. The second-order valence-electron chi connectivity index (χ2n) is 5.65. The molecular weight excluding hydrogens is 341 g/mol. The standard InChI is InChI=1S/C15H13F3N4O3/c1-7-5-22-12(9(4-19-22)14(23)24)6-21(7)15(25)20-8-2-10(16)13(18)11(17)3-8/h2-4,7H,5-6H2,1H3,(H,20,25)(H,23,24)/t7-/m0/s1. The number of nitrogens with zero attached hydrogens (tertiary/aromatic N) is 3. The third kappa shape index (κ3) is 3.02. The first-order valence-corrected chi connectivity index (χ1v) is 7.28. The minimum absolute atomic E-state index is 0.0245. The zero-order chi connectivity index (χ0) is 18.3. The highest BCUT2D eigenvalue weighted by Gasteiger charge is 2.31. The summed E-state index contributed by atoms with van der Waals surface area (Å²) in [5.74, 6) is -5.64. The predicted molar refractivity (Wildman–Crippen MR) is 79.5 cm³/mol. The van der Waals surface area contributed by atoms with E-state index in [4.69, 9.17) is 5.11 Å². The van der Waals surface area contributed by atoms with E-state index in [1.165, 1.54) is 15.8 Å². The van der Waals surface area contributed by atoms with Crippen molar-refractivity contribution in [3.05, 3.63) is 47.0 Å². The van der Waals surface area contributed by atoms with Gasteiger partial charge in [0.1, 0.15) is 5.56 Å². The first-order valence-electron chi connectivity index (χ1n) is 7.28. The van der Waals surface area contributed by atoms with Crippen molar-refractivity contribution in [2.75, 3.05) is 5.32 Å². The fourth-order valence-electron chi connectivity index (χ4n) is 2.67. The number of urea groups is 1. The lowest BCUT2D eigenvalue weighted by atomic mass is 10.1. The number of fused-ring (bicyclic) bond motifs is 1. The predicted octanol–water partition coefficient (Wildman–Crippen LogP) is 2.43. The molecule has 10 heteroatoms. The Labute approximate surface area is 139 Å². The summed E-state index contributed by atoms with van der Waals surface area (Å²) in [6.45, 7) is 1.94. The average molecular weight is 354 g/mol. The topological polar surface area (TPSA) is 87.5 Å². The maximum Gasteiger partial charge on any atom is 0.339 e. The van der Waals surface area contributed by atoms with E-state index in [1.54, 1.807) is 6.92 Å². The number of benzene rings is 1.